The van der Waals surface area contributed by atoms with E-state index in [0.717, 1.165) is 5.56 Å². The van der Waals surface area contributed by atoms with Gasteiger partial charge in [-0.05, 0) is 36.8 Å². The average molecular weight is 286 g/mol. The van der Waals surface area contributed by atoms with E-state index >= 15 is 0 Å². The summed E-state index contributed by atoms with van der Waals surface area (Å²) in [4.78, 5) is 12.0. The van der Waals surface area contributed by atoms with E-state index in [-0.39, 0.29) is 12.4 Å². The van der Waals surface area contributed by atoms with Crippen molar-refractivity contribution in [2.75, 3.05) is 6.61 Å². The summed E-state index contributed by atoms with van der Waals surface area (Å²) in [5.41, 5.74) is 1.80. The maximum atomic E-state index is 12.0. The SMILES string of the molecule is Cc1ccc(C#N)cc1OCC(=O)c1ccccc1Cl. The minimum atomic E-state index is -0.197. The van der Waals surface area contributed by atoms with Crippen LogP contribution in [0.1, 0.15) is 21.5 Å². The van der Waals surface area contributed by atoms with E-state index in [1.54, 1.807) is 42.5 Å². The predicted molar refractivity (Wildman–Crippen MR) is 77.2 cm³/mol. The van der Waals surface area contributed by atoms with Gasteiger partial charge in [0, 0.05) is 5.56 Å². The Morgan fingerprint density at radius 2 is 2.05 bits per heavy atom. The van der Waals surface area contributed by atoms with Gasteiger partial charge in [0.25, 0.3) is 0 Å². The maximum absolute atomic E-state index is 12.0. The lowest BCUT2D eigenvalue weighted by Gasteiger charge is -2.09. The molecule has 0 aliphatic rings. The molecule has 0 saturated carbocycles. The van der Waals surface area contributed by atoms with Crippen molar-refractivity contribution in [1.82, 2.24) is 0 Å². The van der Waals surface area contributed by atoms with Gasteiger partial charge in [-0.1, -0.05) is 29.8 Å². The van der Waals surface area contributed by atoms with E-state index < -0.39 is 0 Å². The number of ether oxygens (including phenoxy) is 1. The number of carbonyl (C=O) groups is 1. The van der Waals surface area contributed by atoms with Gasteiger partial charge in [-0.2, -0.15) is 5.26 Å². The van der Waals surface area contributed by atoms with Crippen LogP contribution in [0.5, 0.6) is 5.75 Å². The number of aryl methyl sites for hydroxylation is 1. The van der Waals surface area contributed by atoms with Crippen LogP contribution in [0.2, 0.25) is 5.02 Å². The number of halogens is 1. The summed E-state index contributed by atoms with van der Waals surface area (Å²) in [6.45, 7) is 1.75. The number of nitriles is 1. The smallest absolute Gasteiger partial charge is 0.201 e. The number of benzene rings is 2. The molecule has 0 unspecified atom stereocenters. The first kappa shape index (κ1) is 14.1. The van der Waals surface area contributed by atoms with E-state index in [2.05, 4.69) is 0 Å². The van der Waals surface area contributed by atoms with E-state index in [4.69, 9.17) is 21.6 Å². The molecule has 0 aromatic heterocycles. The molecular weight excluding hydrogens is 274 g/mol. The lowest BCUT2D eigenvalue weighted by Crippen LogP contribution is -2.12. The number of Topliss-reactive ketones (excluding diaryl/α,β-unsaturated/α-hetero) is 1. The van der Waals surface area contributed by atoms with Gasteiger partial charge in [-0.25, -0.2) is 0 Å². The topological polar surface area (TPSA) is 50.1 Å². The number of rotatable bonds is 4. The van der Waals surface area contributed by atoms with Gasteiger partial charge in [0.05, 0.1) is 16.7 Å². The van der Waals surface area contributed by atoms with Gasteiger partial charge in [-0.15, -0.1) is 0 Å². The highest BCUT2D eigenvalue weighted by Gasteiger charge is 2.11. The molecule has 0 N–H and O–H groups in total. The Kier molecular flexibility index (Phi) is 4.39. The van der Waals surface area contributed by atoms with Crippen LogP contribution in [0.25, 0.3) is 0 Å². The number of hydrogen-bond donors (Lipinski definition) is 0. The summed E-state index contributed by atoms with van der Waals surface area (Å²) in [6.07, 6.45) is 0. The van der Waals surface area contributed by atoms with Crippen molar-refractivity contribution in [3.05, 3.63) is 64.2 Å². The highest BCUT2D eigenvalue weighted by molar-refractivity contribution is 6.34. The fourth-order valence-corrected chi connectivity index (χ4v) is 1.97. The fourth-order valence-electron chi connectivity index (χ4n) is 1.73. The number of carbonyl (C=O) groups excluding carboxylic acids is 1. The molecule has 2 rings (SSSR count). The molecule has 2 aromatic rings. The Morgan fingerprint density at radius 3 is 2.75 bits per heavy atom. The summed E-state index contributed by atoms with van der Waals surface area (Å²) in [6, 6.07) is 14.0. The Labute approximate surface area is 122 Å². The van der Waals surface area contributed by atoms with Gasteiger partial charge in [0.2, 0.25) is 5.78 Å². The molecule has 100 valence electrons. The summed E-state index contributed by atoms with van der Waals surface area (Å²) in [7, 11) is 0. The van der Waals surface area contributed by atoms with Crippen molar-refractivity contribution in [3.63, 3.8) is 0 Å². The van der Waals surface area contributed by atoms with E-state index in [0.29, 0.717) is 21.9 Å². The summed E-state index contributed by atoms with van der Waals surface area (Å²) in [5.74, 6) is 0.335. The highest BCUT2D eigenvalue weighted by atomic mass is 35.5. The van der Waals surface area contributed by atoms with Gasteiger partial charge >= 0.3 is 0 Å². The molecule has 0 amide bonds. The van der Waals surface area contributed by atoms with E-state index in [1.165, 1.54) is 0 Å². The molecule has 0 fully saturated rings. The molecule has 0 atom stereocenters. The van der Waals surface area contributed by atoms with E-state index in [1.807, 2.05) is 13.0 Å². The van der Waals surface area contributed by atoms with Gasteiger partial charge in [0.1, 0.15) is 5.75 Å². The normalized spacial score (nSPS) is 9.85. The molecular formula is C16H12ClNO2. The van der Waals surface area contributed by atoms with Crippen LogP contribution >= 0.6 is 11.6 Å². The van der Waals surface area contributed by atoms with Crippen molar-refractivity contribution in [2.24, 2.45) is 0 Å². The zero-order valence-corrected chi connectivity index (χ0v) is 11.6. The Balaban J connectivity index is 2.12. The highest BCUT2D eigenvalue weighted by Crippen LogP contribution is 2.20. The lowest BCUT2D eigenvalue weighted by atomic mass is 10.1. The lowest BCUT2D eigenvalue weighted by molar-refractivity contribution is 0.0921. The molecule has 20 heavy (non-hydrogen) atoms. The third-order valence-electron chi connectivity index (χ3n) is 2.85. The minimum Gasteiger partial charge on any atom is -0.485 e. The summed E-state index contributed by atoms with van der Waals surface area (Å²) >= 11 is 5.96. The second-order valence-electron chi connectivity index (χ2n) is 4.28. The molecule has 0 spiro atoms. The van der Waals surface area contributed by atoms with Crippen LogP contribution in [0.15, 0.2) is 42.5 Å². The zero-order chi connectivity index (χ0) is 14.5. The second kappa shape index (κ2) is 6.23. The number of nitrogens with zero attached hydrogens (tertiary/aromatic N) is 1. The predicted octanol–water partition coefficient (Wildman–Crippen LogP) is 3.78. The van der Waals surface area contributed by atoms with Crippen molar-refractivity contribution < 1.29 is 9.53 Å². The Bertz CT molecular complexity index is 689. The standard InChI is InChI=1S/C16H12ClNO2/c1-11-6-7-12(9-18)8-16(11)20-10-15(19)13-4-2-3-5-14(13)17/h2-8H,10H2,1H3. The van der Waals surface area contributed by atoms with Crippen molar-refractivity contribution in [2.45, 2.75) is 6.92 Å². The van der Waals surface area contributed by atoms with Crippen LogP contribution in [0.4, 0.5) is 0 Å². The number of ketones is 1. The fraction of sp³-hybridized carbons (Fsp3) is 0.125. The Morgan fingerprint density at radius 1 is 1.30 bits per heavy atom. The van der Waals surface area contributed by atoms with Crippen LogP contribution in [0.3, 0.4) is 0 Å². The summed E-state index contributed by atoms with van der Waals surface area (Å²) < 4.78 is 5.49. The van der Waals surface area contributed by atoms with E-state index in [9.17, 15) is 4.79 Å². The largest absolute Gasteiger partial charge is 0.485 e. The molecule has 0 aliphatic carbocycles. The molecule has 0 radical (unpaired) electrons. The molecule has 2 aromatic carbocycles. The first-order valence-electron chi connectivity index (χ1n) is 6.03. The van der Waals surface area contributed by atoms with Crippen molar-refractivity contribution in [3.8, 4) is 11.8 Å². The van der Waals surface area contributed by atoms with Gasteiger partial charge in [0.15, 0.2) is 6.61 Å². The third-order valence-corrected chi connectivity index (χ3v) is 3.18. The molecule has 0 bridgehead atoms. The third kappa shape index (κ3) is 3.17. The zero-order valence-electron chi connectivity index (χ0n) is 10.9. The second-order valence-corrected chi connectivity index (χ2v) is 4.69. The number of hydrogen-bond acceptors (Lipinski definition) is 3. The van der Waals surface area contributed by atoms with Crippen molar-refractivity contribution >= 4 is 17.4 Å². The van der Waals surface area contributed by atoms with Gasteiger partial charge in [-0.3, -0.25) is 4.79 Å². The molecule has 0 saturated heterocycles. The quantitative estimate of drug-likeness (QED) is 0.803. The van der Waals surface area contributed by atoms with Crippen LogP contribution in [-0.4, -0.2) is 12.4 Å². The first-order valence-corrected chi connectivity index (χ1v) is 6.41. The van der Waals surface area contributed by atoms with Crippen LogP contribution < -0.4 is 4.74 Å². The monoisotopic (exact) mass is 285 g/mol. The Hall–Kier alpha value is -2.31. The maximum Gasteiger partial charge on any atom is 0.201 e. The minimum absolute atomic E-state index is 0.112. The summed E-state index contributed by atoms with van der Waals surface area (Å²) in [5, 5.41) is 9.26. The molecule has 3 nitrogen and oxygen atoms in total. The molecule has 0 aliphatic heterocycles. The van der Waals surface area contributed by atoms with Crippen LogP contribution in [-0.2, 0) is 0 Å². The first-order chi connectivity index (χ1) is 9.61. The molecule has 4 heteroatoms. The van der Waals surface area contributed by atoms with Crippen molar-refractivity contribution in [1.29, 1.82) is 5.26 Å². The van der Waals surface area contributed by atoms with Gasteiger partial charge < -0.3 is 4.74 Å². The average Bonchev–Trinajstić information content (AvgIpc) is 2.46. The molecule has 0 heterocycles. The van der Waals surface area contributed by atoms with Crippen LogP contribution in [0, 0.1) is 18.3 Å².